The van der Waals surface area contributed by atoms with E-state index >= 15 is 0 Å². The highest BCUT2D eigenvalue weighted by molar-refractivity contribution is 8.18. The van der Waals surface area contributed by atoms with E-state index in [-0.39, 0.29) is 11.9 Å². The number of carbonyl (C=O) groups excluding carboxylic acids is 1. The van der Waals surface area contributed by atoms with Gasteiger partial charge in [-0.25, -0.2) is 4.99 Å². The van der Waals surface area contributed by atoms with E-state index in [9.17, 15) is 4.79 Å². The zero-order valence-electron chi connectivity index (χ0n) is 17.8. The van der Waals surface area contributed by atoms with Crippen molar-refractivity contribution in [3.8, 4) is 5.75 Å². The zero-order valence-corrected chi connectivity index (χ0v) is 18.6. The molecule has 5 heteroatoms. The molecule has 0 spiro atoms. The van der Waals surface area contributed by atoms with Gasteiger partial charge in [-0.3, -0.25) is 9.69 Å². The Morgan fingerprint density at radius 2 is 1.90 bits per heavy atom. The first-order valence-corrected chi connectivity index (χ1v) is 11.4. The maximum atomic E-state index is 13.5. The van der Waals surface area contributed by atoms with Crippen LogP contribution in [0.15, 0.2) is 58.4 Å². The van der Waals surface area contributed by atoms with E-state index in [1.165, 1.54) is 24.6 Å². The molecule has 4 rings (SSSR count). The number of ether oxygens (including phenoxy) is 1. The molecule has 2 fully saturated rings. The molecule has 0 radical (unpaired) electrons. The summed E-state index contributed by atoms with van der Waals surface area (Å²) in [7, 11) is 1.67. The van der Waals surface area contributed by atoms with Gasteiger partial charge in [0, 0.05) is 6.04 Å². The number of nitrogens with zero attached hydrogens (tertiary/aromatic N) is 2. The molecule has 1 amide bonds. The summed E-state index contributed by atoms with van der Waals surface area (Å²) in [6.07, 6.45) is 6.59. The number of carbonyl (C=O) groups is 1. The fourth-order valence-electron chi connectivity index (χ4n) is 4.29. The number of hydrogen-bond donors (Lipinski definition) is 0. The minimum absolute atomic E-state index is 0.0712. The van der Waals surface area contributed by atoms with Crippen LogP contribution in [0.2, 0.25) is 0 Å². The minimum Gasteiger partial charge on any atom is -0.496 e. The molecule has 1 saturated heterocycles. The van der Waals surface area contributed by atoms with Gasteiger partial charge in [-0.1, -0.05) is 44.0 Å². The quantitative estimate of drug-likeness (QED) is 0.554. The molecule has 1 aliphatic carbocycles. The number of aliphatic imine (C=N–C) groups is 1. The van der Waals surface area contributed by atoms with Gasteiger partial charge in [0.25, 0.3) is 5.91 Å². The molecule has 2 atom stereocenters. The van der Waals surface area contributed by atoms with E-state index < -0.39 is 0 Å². The maximum absolute atomic E-state index is 13.5. The van der Waals surface area contributed by atoms with Crippen molar-refractivity contribution in [1.82, 2.24) is 4.90 Å². The van der Waals surface area contributed by atoms with E-state index in [0.29, 0.717) is 5.92 Å². The number of methoxy groups -OCH3 is 1. The molecule has 156 valence electrons. The molecular weight excluding hydrogens is 392 g/mol. The Labute approximate surface area is 183 Å². The first-order chi connectivity index (χ1) is 14.6. The summed E-state index contributed by atoms with van der Waals surface area (Å²) in [4.78, 5) is 21.0. The number of aryl methyl sites for hydroxylation is 1. The standard InChI is InChI=1S/C25H28N2O2S/c1-17-9-7-8-12-21(17)27-24(28)23(16-19-13-14-22(29-3)18(2)15-19)30-25(27)26-20-10-5-4-6-11-20/h4-6,10-11,13-17,21H,7-9,12H2,1-3H3/b23-16-,26-25?/t17-,21+/m0/s1. The lowest BCUT2D eigenvalue weighted by Gasteiger charge is -2.35. The van der Waals surface area contributed by atoms with Crippen LogP contribution in [0.5, 0.6) is 5.75 Å². The predicted molar refractivity (Wildman–Crippen MR) is 125 cm³/mol. The van der Waals surface area contributed by atoms with Crippen LogP contribution in [0.4, 0.5) is 5.69 Å². The van der Waals surface area contributed by atoms with Gasteiger partial charge in [-0.15, -0.1) is 0 Å². The summed E-state index contributed by atoms with van der Waals surface area (Å²) in [5.74, 6) is 1.40. The average molecular weight is 421 g/mol. The van der Waals surface area contributed by atoms with Crippen molar-refractivity contribution in [2.75, 3.05) is 7.11 Å². The fourth-order valence-corrected chi connectivity index (χ4v) is 5.34. The monoisotopic (exact) mass is 420 g/mol. The van der Waals surface area contributed by atoms with Crippen molar-refractivity contribution in [3.05, 3.63) is 64.6 Å². The van der Waals surface area contributed by atoms with E-state index in [1.807, 2.05) is 60.4 Å². The van der Waals surface area contributed by atoms with E-state index in [2.05, 4.69) is 13.0 Å². The molecule has 0 unspecified atom stereocenters. The predicted octanol–water partition coefficient (Wildman–Crippen LogP) is 6.19. The molecule has 0 N–H and O–H groups in total. The number of amidine groups is 1. The Hall–Kier alpha value is -2.53. The minimum atomic E-state index is 0.0712. The normalized spacial score (nSPS) is 24.6. The lowest BCUT2D eigenvalue weighted by molar-refractivity contribution is -0.124. The van der Waals surface area contributed by atoms with Crippen molar-refractivity contribution >= 4 is 34.6 Å². The van der Waals surface area contributed by atoms with Gasteiger partial charge >= 0.3 is 0 Å². The Bertz CT molecular complexity index is 984. The second-order valence-electron chi connectivity index (χ2n) is 8.07. The highest BCUT2D eigenvalue weighted by Gasteiger charge is 2.41. The molecule has 2 aromatic rings. The van der Waals surface area contributed by atoms with Gasteiger partial charge < -0.3 is 4.74 Å². The maximum Gasteiger partial charge on any atom is 0.267 e. The molecule has 30 heavy (non-hydrogen) atoms. The molecule has 0 bridgehead atoms. The number of hydrogen-bond acceptors (Lipinski definition) is 4. The molecule has 1 saturated carbocycles. The smallest absolute Gasteiger partial charge is 0.267 e. The number of para-hydroxylation sites is 1. The van der Waals surface area contributed by atoms with Gasteiger partial charge in [0.1, 0.15) is 5.75 Å². The van der Waals surface area contributed by atoms with Crippen molar-refractivity contribution in [2.24, 2.45) is 10.9 Å². The highest BCUT2D eigenvalue weighted by atomic mass is 32.2. The summed E-state index contributed by atoms with van der Waals surface area (Å²) in [6.45, 7) is 4.28. The van der Waals surface area contributed by atoms with Crippen LogP contribution in [0.1, 0.15) is 43.7 Å². The average Bonchev–Trinajstić information content (AvgIpc) is 3.04. The number of thioether (sulfide) groups is 1. The van der Waals surface area contributed by atoms with Crippen LogP contribution in [0.25, 0.3) is 6.08 Å². The van der Waals surface area contributed by atoms with E-state index in [0.717, 1.165) is 45.5 Å². The summed E-state index contributed by atoms with van der Waals surface area (Å²) in [5, 5.41) is 0.793. The first kappa shape index (κ1) is 20.7. The summed E-state index contributed by atoms with van der Waals surface area (Å²) in [6, 6.07) is 16.1. The third-order valence-corrected chi connectivity index (χ3v) is 6.92. The largest absolute Gasteiger partial charge is 0.496 e. The van der Waals surface area contributed by atoms with Crippen LogP contribution in [0, 0.1) is 12.8 Å². The van der Waals surface area contributed by atoms with Crippen LogP contribution < -0.4 is 4.74 Å². The fraction of sp³-hybridized carbons (Fsp3) is 0.360. The van der Waals surface area contributed by atoms with Crippen LogP contribution in [-0.2, 0) is 4.79 Å². The molecule has 0 aromatic heterocycles. The Morgan fingerprint density at radius 1 is 1.13 bits per heavy atom. The lowest BCUT2D eigenvalue weighted by atomic mass is 9.85. The number of benzene rings is 2. The Morgan fingerprint density at radius 3 is 2.60 bits per heavy atom. The lowest BCUT2D eigenvalue weighted by Crippen LogP contribution is -2.44. The molecular formula is C25H28N2O2S. The van der Waals surface area contributed by atoms with Gasteiger partial charge in [0.15, 0.2) is 5.17 Å². The van der Waals surface area contributed by atoms with Gasteiger partial charge in [0.2, 0.25) is 0 Å². The zero-order chi connectivity index (χ0) is 21.1. The van der Waals surface area contributed by atoms with Crippen molar-refractivity contribution in [3.63, 3.8) is 0 Å². The van der Waals surface area contributed by atoms with Gasteiger partial charge in [-0.2, -0.15) is 0 Å². The van der Waals surface area contributed by atoms with Crippen molar-refractivity contribution in [2.45, 2.75) is 45.6 Å². The second-order valence-corrected chi connectivity index (χ2v) is 9.08. The topological polar surface area (TPSA) is 41.9 Å². The van der Waals surface area contributed by atoms with Crippen LogP contribution >= 0.6 is 11.8 Å². The molecule has 1 aliphatic heterocycles. The molecule has 1 heterocycles. The summed E-state index contributed by atoms with van der Waals surface area (Å²) < 4.78 is 5.36. The second kappa shape index (κ2) is 9.09. The number of rotatable bonds is 4. The Balaban J connectivity index is 1.71. The third-order valence-electron chi connectivity index (χ3n) is 5.93. The SMILES string of the molecule is COc1ccc(/C=C2\SC(=Nc3ccccc3)N([C@@H]3CCCC[C@@H]3C)C2=O)cc1C. The third kappa shape index (κ3) is 4.31. The number of amides is 1. The Kier molecular flexibility index (Phi) is 6.28. The molecule has 4 nitrogen and oxygen atoms in total. The van der Waals surface area contributed by atoms with Crippen LogP contribution in [-0.4, -0.2) is 29.1 Å². The van der Waals surface area contributed by atoms with Crippen molar-refractivity contribution < 1.29 is 9.53 Å². The van der Waals surface area contributed by atoms with Crippen LogP contribution in [0.3, 0.4) is 0 Å². The highest BCUT2D eigenvalue weighted by Crippen LogP contribution is 2.40. The summed E-state index contributed by atoms with van der Waals surface area (Å²) >= 11 is 1.48. The molecule has 2 aromatic carbocycles. The van der Waals surface area contributed by atoms with E-state index in [1.54, 1.807) is 7.11 Å². The first-order valence-electron chi connectivity index (χ1n) is 10.6. The van der Waals surface area contributed by atoms with Gasteiger partial charge in [0.05, 0.1) is 17.7 Å². The molecule has 2 aliphatic rings. The van der Waals surface area contributed by atoms with E-state index in [4.69, 9.17) is 9.73 Å². The van der Waals surface area contributed by atoms with Gasteiger partial charge in [-0.05, 0) is 78.9 Å². The summed E-state index contributed by atoms with van der Waals surface area (Å²) in [5.41, 5.74) is 2.93. The van der Waals surface area contributed by atoms with Crippen molar-refractivity contribution in [1.29, 1.82) is 0 Å².